The Balaban J connectivity index is 1.71. The Morgan fingerprint density at radius 1 is 1.19 bits per heavy atom. The number of nitrogens with zero attached hydrogens (tertiary/aromatic N) is 1. The van der Waals surface area contributed by atoms with Crippen molar-refractivity contribution in [3.05, 3.63) is 65.5 Å². The first-order valence-corrected chi connectivity index (χ1v) is 10.1. The summed E-state index contributed by atoms with van der Waals surface area (Å²) in [6.45, 7) is 0.556. The van der Waals surface area contributed by atoms with Crippen LogP contribution in [0, 0.1) is 0 Å². The number of para-hydroxylation sites is 1. The molecule has 27 heavy (non-hydrogen) atoms. The smallest absolute Gasteiger partial charge is 0.271 e. The van der Waals surface area contributed by atoms with Gasteiger partial charge < -0.3 is 15.0 Å². The number of amides is 1. The minimum absolute atomic E-state index is 0.122. The monoisotopic (exact) mass is 379 g/mol. The van der Waals surface area contributed by atoms with Gasteiger partial charge in [0.15, 0.2) is 0 Å². The largest absolute Gasteiger partial charge is 0.496 e. The van der Waals surface area contributed by atoms with Crippen molar-refractivity contribution in [3.8, 4) is 17.1 Å². The molecule has 0 bridgehead atoms. The van der Waals surface area contributed by atoms with Crippen molar-refractivity contribution in [2.45, 2.75) is 17.2 Å². The molecule has 1 unspecified atom stereocenters. The molecule has 1 atom stereocenters. The van der Waals surface area contributed by atoms with E-state index in [0.717, 1.165) is 33.3 Å². The van der Waals surface area contributed by atoms with E-state index in [9.17, 15) is 4.79 Å². The number of H-pyrrole nitrogens is 1. The van der Waals surface area contributed by atoms with E-state index in [2.05, 4.69) is 33.5 Å². The van der Waals surface area contributed by atoms with Gasteiger partial charge in [-0.1, -0.05) is 30.3 Å². The second-order valence-corrected chi connectivity index (χ2v) is 7.38. The van der Waals surface area contributed by atoms with Crippen LogP contribution < -0.4 is 10.1 Å². The van der Waals surface area contributed by atoms with Gasteiger partial charge in [0.25, 0.3) is 5.91 Å². The minimum Gasteiger partial charge on any atom is -0.496 e. The van der Waals surface area contributed by atoms with Crippen LogP contribution in [0.5, 0.6) is 5.75 Å². The summed E-state index contributed by atoms with van der Waals surface area (Å²) < 4.78 is 5.51. The maximum atomic E-state index is 12.6. The van der Waals surface area contributed by atoms with Gasteiger partial charge in [-0.15, -0.1) is 11.8 Å². The minimum atomic E-state index is -0.133. The Bertz CT molecular complexity index is 983. The third-order valence-electron chi connectivity index (χ3n) is 4.88. The zero-order chi connectivity index (χ0) is 18.8. The zero-order valence-corrected chi connectivity index (χ0v) is 16.1. The van der Waals surface area contributed by atoms with Crippen LogP contribution in [0.15, 0.2) is 53.4 Å². The number of carbonyl (C=O) groups is 1. The summed E-state index contributed by atoms with van der Waals surface area (Å²) in [5.74, 6) is 1.56. The number of fused-ring (bicyclic) bond motifs is 1. The molecule has 138 valence electrons. The number of carbonyl (C=O) groups excluding carboxylic acids is 1. The summed E-state index contributed by atoms with van der Waals surface area (Å²) in [5.41, 5.74) is 3.42. The Labute approximate surface area is 162 Å². The molecule has 3 aromatic rings. The summed E-state index contributed by atoms with van der Waals surface area (Å²) in [6, 6.07) is 16.1. The first-order valence-electron chi connectivity index (χ1n) is 8.84. The van der Waals surface area contributed by atoms with Gasteiger partial charge >= 0.3 is 0 Å². The van der Waals surface area contributed by atoms with Crippen molar-refractivity contribution in [2.75, 3.05) is 19.9 Å². The van der Waals surface area contributed by atoms with E-state index in [1.807, 2.05) is 36.6 Å². The SMILES string of the molecule is COc1ccccc1C1CNC(=O)c2nc(-c3cccc(SC)c3)[nH]c2C1. The molecule has 0 fully saturated rings. The summed E-state index contributed by atoms with van der Waals surface area (Å²) in [5, 5.41) is 3.01. The lowest BCUT2D eigenvalue weighted by Crippen LogP contribution is -2.26. The van der Waals surface area contributed by atoms with E-state index in [-0.39, 0.29) is 11.8 Å². The molecule has 0 saturated heterocycles. The Kier molecular flexibility index (Phi) is 4.90. The van der Waals surface area contributed by atoms with Crippen LogP contribution in [-0.4, -0.2) is 35.8 Å². The van der Waals surface area contributed by atoms with Crippen molar-refractivity contribution < 1.29 is 9.53 Å². The highest BCUT2D eigenvalue weighted by Crippen LogP contribution is 2.32. The van der Waals surface area contributed by atoms with Crippen molar-refractivity contribution in [2.24, 2.45) is 0 Å². The second kappa shape index (κ2) is 7.48. The van der Waals surface area contributed by atoms with E-state index in [4.69, 9.17) is 4.74 Å². The van der Waals surface area contributed by atoms with Gasteiger partial charge in [0.05, 0.1) is 7.11 Å². The fraction of sp³-hybridized carbons (Fsp3) is 0.238. The molecule has 1 aromatic heterocycles. The lowest BCUT2D eigenvalue weighted by atomic mass is 9.93. The number of hydrogen-bond acceptors (Lipinski definition) is 4. The Morgan fingerprint density at radius 3 is 2.85 bits per heavy atom. The molecule has 0 aliphatic carbocycles. The zero-order valence-electron chi connectivity index (χ0n) is 15.3. The molecule has 6 heteroatoms. The third-order valence-corrected chi connectivity index (χ3v) is 5.60. The van der Waals surface area contributed by atoms with E-state index >= 15 is 0 Å². The first-order chi connectivity index (χ1) is 13.2. The molecule has 0 spiro atoms. The topological polar surface area (TPSA) is 67.0 Å². The van der Waals surface area contributed by atoms with Crippen molar-refractivity contribution >= 4 is 17.7 Å². The van der Waals surface area contributed by atoms with Crippen molar-refractivity contribution in [1.29, 1.82) is 0 Å². The molecule has 1 aliphatic heterocycles. The fourth-order valence-electron chi connectivity index (χ4n) is 3.49. The molecular weight excluding hydrogens is 358 g/mol. The van der Waals surface area contributed by atoms with E-state index in [1.54, 1.807) is 18.9 Å². The highest BCUT2D eigenvalue weighted by molar-refractivity contribution is 7.98. The third kappa shape index (κ3) is 3.45. The standard InChI is InChI=1S/C21H21N3O2S/c1-26-18-9-4-3-8-16(18)14-11-17-19(21(25)22-12-14)24-20(23-17)13-6-5-7-15(10-13)27-2/h3-10,14H,11-12H2,1-2H3,(H,22,25)(H,23,24). The normalized spacial score (nSPS) is 16.4. The quantitative estimate of drug-likeness (QED) is 0.675. The van der Waals surface area contributed by atoms with Crippen LogP contribution >= 0.6 is 11.8 Å². The number of hydrogen-bond donors (Lipinski definition) is 2. The molecular formula is C21H21N3O2S. The summed E-state index contributed by atoms with van der Waals surface area (Å²) in [6.07, 6.45) is 2.74. The highest BCUT2D eigenvalue weighted by atomic mass is 32.2. The number of benzene rings is 2. The molecule has 1 aliphatic rings. The summed E-state index contributed by atoms with van der Waals surface area (Å²) >= 11 is 1.68. The molecule has 1 amide bonds. The van der Waals surface area contributed by atoms with Gasteiger partial charge in [-0.3, -0.25) is 4.79 Å². The lowest BCUT2D eigenvalue weighted by molar-refractivity contribution is 0.0950. The van der Waals surface area contributed by atoms with Crippen LogP contribution in [0.2, 0.25) is 0 Å². The first kappa shape index (κ1) is 17.7. The van der Waals surface area contributed by atoms with Crippen molar-refractivity contribution in [3.63, 3.8) is 0 Å². The maximum Gasteiger partial charge on any atom is 0.271 e. The van der Waals surface area contributed by atoms with Gasteiger partial charge in [-0.2, -0.15) is 0 Å². The van der Waals surface area contributed by atoms with E-state index in [1.165, 1.54) is 0 Å². The van der Waals surface area contributed by atoms with Crippen LogP contribution in [0.3, 0.4) is 0 Å². The summed E-state index contributed by atoms with van der Waals surface area (Å²) in [7, 11) is 1.67. The van der Waals surface area contributed by atoms with E-state index < -0.39 is 0 Å². The van der Waals surface area contributed by atoms with Gasteiger partial charge in [0.2, 0.25) is 0 Å². The van der Waals surface area contributed by atoms with Gasteiger partial charge in [-0.25, -0.2) is 4.98 Å². The number of rotatable bonds is 4. The van der Waals surface area contributed by atoms with E-state index in [0.29, 0.717) is 18.7 Å². The van der Waals surface area contributed by atoms with Crippen LogP contribution in [0.25, 0.3) is 11.4 Å². The number of ether oxygens (including phenoxy) is 1. The van der Waals surface area contributed by atoms with Gasteiger partial charge in [-0.05, 0) is 36.4 Å². The second-order valence-electron chi connectivity index (χ2n) is 6.50. The average Bonchev–Trinajstić information content (AvgIpc) is 3.08. The number of thioether (sulfide) groups is 1. The average molecular weight is 379 g/mol. The maximum absolute atomic E-state index is 12.6. The van der Waals surface area contributed by atoms with Gasteiger partial charge in [0.1, 0.15) is 17.3 Å². The molecule has 0 radical (unpaired) electrons. The molecule has 0 saturated carbocycles. The van der Waals surface area contributed by atoms with Crippen LogP contribution in [0.1, 0.15) is 27.7 Å². The highest BCUT2D eigenvalue weighted by Gasteiger charge is 2.27. The number of aromatic nitrogens is 2. The molecule has 4 rings (SSSR count). The predicted molar refractivity (Wildman–Crippen MR) is 108 cm³/mol. The van der Waals surface area contributed by atoms with Crippen LogP contribution in [0.4, 0.5) is 0 Å². The molecule has 5 nitrogen and oxygen atoms in total. The Morgan fingerprint density at radius 2 is 2.04 bits per heavy atom. The molecule has 2 heterocycles. The fourth-order valence-corrected chi connectivity index (χ4v) is 3.95. The number of aromatic amines is 1. The predicted octanol–water partition coefficient (Wildman–Crippen LogP) is 3.88. The number of imidazole rings is 1. The molecule has 2 N–H and O–H groups in total. The van der Waals surface area contributed by atoms with Crippen LogP contribution in [-0.2, 0) is 6.42 Å². The number of methoxy groups -OCH3 is 1. The van der Waals surface area contributed by atoms with Crippen molar-refractivity contribution in [1.82, 2.24) is 15.3 Å². The van der Waals surface area contributed by atoms with Gasteiger partial charge in [0, 0.05) is 28.6 Å². The number of nitrogens with one attached hydrogen (secondary N) is 2. The Hall–Kier alpha value is -2.73. The summed E-state index contributed by atoms with van der Waals surface area (Å²) in [4.78, 5) is 21.7. The lowest BCUT2D eigenvalue weighted by Gasteiger charge is -2.17. The molecule has 2 aromatic carbocycles.